The van der Waals surface area contributed by atoms with E-state index in [1.54, 1.807) is 12.1 Å². The van der Waals surface area contributed by atoms with Crippen molar-refractivity contribution in [3.63, 3.8) is 0 Å². The highest BCUT2D eigenvalue weighted by Gasteiger charge is 2.17. The number of carbonyl (C=O) groups excluding carboxylic acids is 1. The van der Waals surface area contributed by atoms with Crippen LogP contribution >= 0.6 is 0 Å². The number of anilines is 1. The lowest BCUT2D eigenvalue weighted by Crippen LogP contribution is -2.36. The van der Waals surface area contributed by atoms with E-state index in [0.717, 1.165) is 0 Å². The molecule has 1 amide bonds. The monoisotopic (exact) mass is 277 g/mol. The van der Waals surface area contributed by atoms with Crippen molar-refractivity contribution < 1.29 is 15.0 Å². The van der Waals surface area contributed by atoms with Crippen LogP contribution in [0.25, 0.3) is 0 Å². The number of nitrogens with zero attached hydrogens (tertiary/aromatic N) is 4. The van der Waals surface area contributed by atoms with E-state index in [1.165, 1.54) is 23.5 Å². The van der Waals surface area contributed by atoms with E-state index < -0.39 is 5.91 Å². The first-order valence-corrected chi connectivity index (χ1v) is 5.87. The molecule has 0 saturated heterocycles. The van der Waals surface area contributed by atoms with Crippen molar-refractivity contribution in [3.05, 3.63) is 30.2 Å². The lowest BCUT2D eigenvalue weighted by molar-refractivity contribution is -0.127. The summed E-state index contributed by atoms with van der Waals surface area (Å²) in [6, 6.07) is 3.39. The fraction of sp³-hybridized carbons (Fsp3) is 0.333. The van der Waals surface area contributed by atoms with Gasteiger partial charge >= 0.3 is 0 Å². The lowest BCUT2D eigenvalue weighted by Gasteiger charge is -2.19. The maximum absolute atomic E-state index is 12.0. The number of aliphatic hydroxyl groups excluding tert-OH is 2. The Morgan fingerprint density at radius 2 is 1.95 bits per heavy atom. The normalized spacial score (nSPS) is 10.8. The summed E-state index contributed by atoms with van der Waals surface area (Å²) in [6.45, 7) is -0.417. The third-order valence-electron chi connectivity index (χ3n) is 2.29. The maximum atomic E-state index is 12.0. The van der Waals surface area contributed by atoms with Crippen LogP contribution in [0.2, 0.25) is 0 Å². The van der Waals surface area contributed by atoms with Crippen molar-refractivity contribution in [3.8, 4) is 6.07 Å². The van der Waals surface area contributed by atoms with Crippen molar-refractivity contribution in [2.45, 2.75) is 0 Å². The van der Waals surface area contributed by atoms with Crippen LogP contribution in [-0.2, 0) is 4.79 Å². The molecule has 8 heteroatoms. The summed E-state index contributed by atoms with van der Waals surface area (Å²) in [5.41, 5.74) is -0.167. The van der Waals surface area contributed by atoms with Gasteiger partial charge in [0.05, 0.1) is 13.2 Å². The van der Waals surface area contributed by atoms with Gasteiger partial charge in [-0.25, -0.2) is 9.97 Å². The van der Waals surface area contributed by atoms with Crippen molar-refractivity contribution in [2.24, 2.45) is 0 Å². The van der Waals surface area contributed by atoms with Crippen LogP contribution in [0.1, 0.15) is 0 Å². The lowest BCUT2D eigenvalue weighted by atomic mass is 10.2. The van der Waals surface area contributed by atoms with E-state index in [-0.39, 0.29) is 37.8 Å². The molecule has 1 aromatic rings. The van der Waals surface area contributed by atoms with E-state index in [2.05, 4.69) is 15.3 Å². The summed E-state index contributed by atoms with van der Waals surface area (Å²) < 4.78 is 0. The van der Waals surface area contributed by atoms with Crippen molar-refractivity contribution in [1.29, 1.82) is 5.26 Å². The molecule has 106 valence electrons. The average molecular weight is 277 g/mol. The molecule has 0 saturated carbocycles. The van der Waals surface area contributed by atoms with Crippen LogP contribution in [0.3, 0.4) is 0 Å². The number of aromatic nitrogens is 2. The predicted octanol–water partition coefficient (Wildman–Crippen LogP) is -0.891. The molecule has 0 unspecified atom stereocenters. The smallest absolute Gasteiger partial charge is 0.266 e. The number of hydrogen-bond donors (Lipinski definition) is 3. The second-order valence-corrected chi connectivity index (χ2v) is 3.63. The average Bonchev–Trinajstić information content (AvgIpc) is 2.48. The Bertz CT molecular complexity index is 492. The molecule has 0 aliphatic rings. The SMILES string of the molecule is N#C/C(=C/Nc1ncccn1)C(=O)N(CCO)CCO. The number of nitriles is 1. The van der Waals surface area contributed by atoms with E-state index in [0.29, 0.717) is 0 Å². The van der Waals surface area contributed by atoms with Gasteiger partial charge in [-0.1, -0.05) is 0 Å². The van der Waals surface area contributed by atoms with Gasteiger partial charge < -0.3 is 20.4 Å². The zero-order valence-electron chi connectivity index (χ0n) is 10.7. The molecule has 0 atom stereocenters. The second kappa shape index (κ2) is 8.58. The van der Waals surface area contributed by atoms with Crippen LogP contribution in [0, 0.1) is 11.3 Å². The molecule has 0 radical (unpaired) electrons. The Balaban J connectivity index is 2.78. The van der Waals surface area contributed by atoms with Gasteiger partial charge in [0.15, 0.2) is 0 Å². The summed E-state index contributed by atoms with van der Waals surface area (Å²) in [4.78, 5) is 21.0. The molecule has 0 spiro atoms. The first-order valence-electron chi connectivity index (χ1n) is 5.87. The van der Waals surface area contributed by atoms with Crippen LogP contribution in [0.4, 0.5) is 5.95 Å². The van der Waals surface area contributed by atoms with E-state index >= 15 is 0 Å². The Hall–Kier alpha value is -2.50. The third-order valence-corrected chi connectivity index (χ3v) is 2.29. The summed E-state index contributed by atoms with van der Waals surface area (Å²) in [7, 11) is 0. The Morgan fingerprint density at radius 3 is 2.45 bits per heavy atom. The van der Waals surface area contributed by atoms with E-state index in [4.69, 9.17) is 15.5 Å². The van der Waals surface area contributed by atoms with Gasteiger partial charge in [-0.2, -0.15) is 5.26 Å². The number of amides is 1. The molecule has 1 rings (SSSR count). The number of aliphatic hydroxyl groups is 2. The van der Waals surface area contributed by atoms with Crippen molar-refractivity contribution in [2.75, 3.05) is 31.6 Å². The molecule has 0 fully saturated rings. The first kappa shape index (κ1) is 15.6. The van der Waals surface area contributed by atoms with Crippen LogP contribution in [0.5, 0.6) is 0 Å². The highest BCUT2D eigenvalue weighted by Crippen LogP contribution is 2.03. The van der Waals surface area contributed by atoms with Gasteiger partial charge in [-0.15, -0.1) is 0 Å². The molecule has 1 heterocycles. The minimum Gasteiger partial charge on any atom is -0.395 e. The molecular weight excluding hydrogens is 262 g/mol. The molecule has 3 N–H and O–H groups in total. The number of rotatable bonds is 7. The molecule has 0 bridgehead atoms. The van der Waals surface area contributed by atoms with Crippen molar-refractivity contribution >= 4 is 11.9 Å². The fourth-order valence-corrected chi connectivity index (χ4v) is 1.38. The molecule has 20 heavy (non-hydrogen) atoms. The zero-order chi connectivity index (χ0) is 14.8. The Kier molecular flexibility index (Phi) is 6.67. The molecule has 0 aliphatic heterocycles. The molecule has 0 aliphatic carbocycles. The molecule has 0 aromatic carbocycles. The zero-order valence-corrected chi connectivity index (χ0v) is 10.7. The number of hydrogen-bond acceptors (Lipinski definition) is 7. The minimum absolute atomic E-state index is 0.0419. The molecule has 8 nitrogen and oxygen atoms in total. The van der Waals surface area contributed by atoms with Gasteiger partial charge in [0.25, 0.3) is 5.91 Å². The maximum Gasteiger partial charge on any atom is 0.266 e. The summed E-state index contributed by atoms with van der Waals surface area (Å²) >= 11 is 0. The largest absolute Gasteiger partial charge is 0.395 e. The quantitative estimate of drug-likeness (QED) is 0.436. The van der Waals surface area contributed by atoms with E-state index in [9.17, 15) is 4.79 Å². The van der Waals surface area contributed by atoms with Gasteiger partial charge in [-0.05, 0) is 6.07 Å². The fourth-order valence-electron chi connectivity index (χ4n) is 1.38. The van der Waals surface area contributed by atoms with E-state index in [1.807, 2.05) is 0 Å². The van der Waals surface area contributed by atoms with Crippen molar-refractivity contribution in [1.82, 2.24) is 14.9 Å². The standard InChI is InChI=1S/C12H15N5O3/c13-8-10(9-16-12-14-2-1-3-15-12)11(20)17(4-6-18)5-7-19/h1-3,9,18-19H,4-7H2,(H,14,15,16)/b10-9-. The Morgan fingerprint density at radius 1 is 1.35 bits per heavy atom. The van der Waals surface area contributed by atoms with Gasteiger partial charge in [0, 0.05) is 31.7 Å². The van der Waals surface area contributed by atoms with Crippen LogP contribution in [-0.4, -0.2) is 57.3 Å². The van der Waals surface area contributed by atoms with Crippen LogP contribution in [0.15, 0.2) is 30.2 Å². The number of carbonyl (C=O) groups is 1. The Labute approximate surface area is 116 Å². The minimum atomic E-state index is -0.584. The number of nitrogens with one attached hydrogen (secondary N) is 1. The molecule has 1 aromatic heterocycles. The highest BCUT2D eigenvalue weighted by molar-refractivity contribution is 5.97. The highest BCUT2D eigenvalue weighted by atomic mass is 16.3. The second-order valence-electron chi connectivity index (χ2n) is 3.63. The third kappa shape index (κ3) is 4.64. The summed E-state index contributed by atoms with van der Waals surface area (Å²) in [5, 5.41) is 29.3. The van der Waals surface area contributed by atoms with Gasteiger partial charge in [0.2, 0.25) is 5.95 Å². The summed E-state index contributed by atoms with van der Waals surface area (Å²) in [6.07, 6.45) is 4.22. The molecular formula is C12H15N5O3. The van der Waals surface area contributed by atoms with Gasteiger partial charge in [-0.3, -0.25) is 4.79 Å². The first-order chi connectivity index (χ1) is 9.72. The van der Waals surface area contributed by atoms with Crippen LogP contribution < -0.4 is 5.32 Å². The predicted molar refractivity (Wildman–Crippen MR) is 70.1 cm³/mol. The summed E-state index contributed by atoms with van der Waals surface area (Å²) in [5.74, 6) is -0.331. The topological polar surface area (TPSA) is 122 Å². The van der Waals surface area contributed by atoms with Gasteiger partial charge in [0.1, 0.15) is 11.6 Å².